The number of piperidine rings is 1. The number of aliphatic hydroxyl groups is 1. The van der Waals surface area contributed by atoms with E-state index in [-0.39, 0.29) is 0 Å². The van der Waals surface area contributed by atoms with Gasteiger partial charge in [0.1, 0.15) is 11.5 Å². The van der Waals surface area contributed by atoms with E-state index in [9.17, 15) is 5.11 Å². The van der Waals surface area contributed by atoms with Crippen molar-refractivity contribution < 1.29 is 9.84 Å². The van der Waals surface area contributed by atoms with E-state index >= 15 is 0 Å². The molecule has 3 atom stereocenters. The lowest BCUT2D eigenvalue weighted by atomic mass is 9.97. The van der Waals surface area contributed by atoms with Gasteiger partial charge in [-0.2, -0.15) is 0 Å². The third-order valence-corrected chi connectivity index (χ3v) is 7.82. The van der Waals surface area contributed by atoms with Crippen molar-refractivity contribution in [2.45, 2.75) is 77.9 Å². The molecule has 1 aromatic carbocycles. The van der Waals surface area contributed by atoms with Crippen LogP contribution >= 0.6 is 0 Å². The molecule has 2 fully saturated rings. The van der Waals surface area contributed by atoms with Gasteiger partial charge in [-0.1, -0.05) is 25.8 Å². The topological polar surface area (TPSA) is 48.0 Å². The van der Waals surface area contributed by atoms with E-state index in [0.29, 0.717) is 0 Å². The van der Waals surface area contributed by atoms with Gasteiger partial charge in [0.15, 0.2) is 0 Å². The molecule has 0 bridgehead atoms. The molecule has 5 heteroatoms. The average molecular weight is 456 g/mol. The molecule has 0 spiro atoms. The van der Waals surface area contributed by atoms with E-state index in [1.54, 1.807) is 0 Å². The Hall–Kier alpha value is -1.72. The quantitative estimate of drug-likeness (QED) is 0.517. The summed E-state index contributed by atoms with van der Waals surface area (Å²) in [7, 11) is 0. The van der Waals surface area contributed by atoms with Gasteiger partial charge in [0.05, 0.1) is 6.61 Å². The fourth-order valence-corrected chi connectivity index (χ4v) is 5.78. The molecule has 2 N–H and O–H groups in total. The lowest BCUT2D eigenvalue weighted by Gasteiger charge is -2.36. The Morgan fingerprint density at radius 1 is 1.15 bits per heavy atom. The van der Waals surface area contributed by atoms with Crippen molar-refractivity contribution in [2.75, 3.05) is 44.2 Å². The van der Waals surface area contributed by atoms with E-state index in [0.717, 1.165) is 69.5 Å². The monoisotopic (exact) mass is 455 g/mol. The van der Waals surface area contributed by atoms with Crippen LogP contribution in [-0.4, -0.2) is 55.1 Å². The highest BCUT2D eigenvalue weighted by Gasteiger charge is 2.42. The maximum Gasteiger partial charge on any atom is 0.135 e. The predicted octanol–water partition coefficient (Wildman–Crippen LogP) is 4.94. The minimum atomic E-state index is -0.815. The van der Waals surface area contributed by atoms with Gasteiger partial charge in [-0.25, -0.2) is 0 Å². The number of likely N-dealkylation sites (tertiary alicyclic amines) is 1. The number of fused-ring (bicyclic) bond motifs is 2. The molecule has 3 aliphatic heterocycles. The van der Waals surface area contributed by atoms with Crippen molar-refractivity contribution in [2.24, 2.45) is 11.8 Å². The van der Waals surface area contributed by atoms with Crippen molar-refractivity contribution in [1.29, 1.82) is 0 Å². The molecule has 1 aromatic rings. The zero-order chi connectivity index (χ0) is 23.3. The van der Waals surface area contributed by atoms with E-state index in [2.05, 4.69) is 39.5 Å². The highest BCUT2D eigenvalue weighted by atomic mass is 16.5. The molecule has 0 aromatic heterocycles. The molecule has 3 heterocycles. The number of nitrogens with zero attached hydrogens (tertiary/aromatic N) is 2. The Morgan fingerprint density at radius 2 is 1.97 bits per heavy atom. The van der Waals surface area contributed by atoms with Crippen LogP contribution < -0.4 is 15.0 Å². The van der Waals surface area contributed by atoms with Crippen LogP contribution in [0.1, 0.15) is 71.3 Å². The fraction of sp³-hybridized carbons (Fsp3) is 0.714. The molecular formula is C28H45N3O2. The number of rotatable bonds is 9. The standard InChI is InChI=1S/C26H39N3O2.C2H6/c1-26(30,10-8-21-18-27-19-22-17-24(21)22)29-14-9-20-16-23(6-7-25(20)29)31-15-5-13-28-11-3-2-4-12-28;1-2/h6-7,16,18,22,24,27,30H,2-5,8-15,17,19H2,1H3;1-2H3. The Balaban J connectivity index is 0.00000126. The van der Waals surface area contributed by atoms with Gasteiger partial charge in [0, 0.05) is 25.3 Å². The molecule has 0 amide bonds. The minimum Gasteiger partial charge on any atom is -0.494 e. The summed E-state index contributed by atoms with van der Waals surface area (Å²) in [6.45, 7) is 12.4. The summed E-state index contributed by atoms with van der Waals surface area (Å²) >= 11 is 0. The third kappa shape index (κ3) is 6.05. The van der Waals surface area contributed by atoms with Gasteiger partial charge >= 0.3 is 0 Å². The van der Waals surface area contributed by atoms with E-state index in [4.69, 9.17) is 4.74 Å². The number of benzene rings is 1. The van der Waals surface area contributed by atoms with E-state index in [1.807, 2.05) is 20.8 Å². The van der Waals surface area contributed by atoms with Crippen LogP contribution in [0.2, 0.25) is 0 Å². The molecule has 3 unspecified atom stereocenters. The van der Waals surface area contributed by atoms with Crippen LogP contribution in [0.15, 0.2) is 30.0 Å². The maximum atomic E-state index is 11.3. The largest absolute Gasteiger partial charge is 0.494 e. The Labute approximate surface area is 201 Å². The van der Waals surface area contributed by atoms with Gasteiger partial charge in [-0.3, -0.25) is 0 Å². The second-order valence-electron chi connectivity index (χ2n) is 10.2. The van der Waals surface area contributed by atoms with Crippen molar-refractivity contribution in [3.63, 3.8) is 0 Å². The zero-order valence-electron chi connectivity index (χ0n) is 21.1. The molecule has 0 radical (unpaired) electrons. The predicted molar refractivity (Wildman–Crippen MR) is 137 cm³/mol. The number of ether oxygens (including phenoxy) is 1. The van der Waals surface area contributed by atoms with Crippen LogP contribution in [0.4, 0.5) is 5.69 Å². The third-order valence-electron chi connectivity index (χ3n) is 7.82. The molecule has 4 aliphatic rings. The van der Waals surface area contributed by atoms with Crippen LogP contribution in [0.25, 0.3) is 0 Å². The van der Waals surface area contributed by atoms with Crippen molar-refractivity contribution in [1.82, 2.24) is 10.2 Å². The van der Waals surface area contributed by atoms with Gasteiger partial charge < -0.3 is 25.0 Å². The summed E-state index contributed by atoms with van der Waals surface area (Å²) in [5, 5.41) is 14.7. The molecule has 1 saturated heterocycles. The Kier molecular flexibility index (Phi) is 8.24. The molecule has 1 aliphatic carbocycles. The van der Waals surface area contributed by atoms with Crippen LogP contribution in [0.5, 0.6) is 5.75 Å². The van der Waals surface area contributed by atoms with Crippen molar-refractivity contribution >= 4 is 5.69 Å². The number of hydrogen-bond acceptors (Lipinski definition) is 5. The summed E-state index contributed by atoms with van der Waals surface area (Å²) < 4.78 is 6.06. The van der Waals surface area contributed by atoms with E-state index in [1.165, 1.54) is 55.6 Å². The highest BCUT2D eigenvalue weighted by molar-refractivity contribution is 5.61. The summed E-state index contributed by atoms with van der Waals surface area (Å²) in [6.07, 6.45) is 11.4. The molecule has 1 saturated carbocycles. The Morgan fingerprint density at radius 3 is 2.79 bits per heavy atom. The lowest BCUT2D eigenvalue weighted by molar-refractivity contribution is 0.0485. The van der Waals surface area contributed by atoms with Crippen LogP contribution in [0, 0.1) is 11.8 Å². The maximum absolute atomic E-state index is 11.3. The minimum absolute atomic E-state index is 0.775. The second-order valence-corrected chi connectivity index (χ2v) is 10.2. The Bertz CT molecular complexity index is 800. The summed E-state index contributed by atoms with van der Waals surface area (Å²) in [5.74, 6) is 2.59. The summed E-state index contributed by atoms with van der Waals surface area (Å²) in [6, 6.07) is 6.42. The molecule has 184 valence electrons. The number of anilines is 1. The normalized spacial score (nSPS) is 25.6. The molecule has 5 nitrogen and oxygen atoms in total. The van der Waals surface area contributed by atoms with E-state index < -0.39 is 5.72 Å². The van der Waals surface area contributed by atoms with Crippen molar-refractivity contribution in [3.8, 4) is 5.75 Å². The van der Waals surface area contributed by atoms with Crippen LogP contribution in [-0.2, 0) is 6.42 Å². The first-order chi connectivity index (χ1) is 16.1. The SMILES string of the molecule is CC.CC(O)(CCC1=CNCC2CC12)N1CCc2cc(OCCCN3CCCCC3)ccc21. The van der Waals surface area contributed by atoms with Gasteiger partial charge in [0.2, 0.25) is 0 Å². The zero-order valence-corrected chi connectivity index (χ0v) is 21.1. The first kappa shape index (κ1) is 24.4. The second kappa shape index (κ2) is 11.1. The van der Waals surface area contributed by atoms with Gasteiger partial charge in [-0.15, -0.1) is 0 Å². The highest BCUT2D eigenvalue weighted by Crippen LogP contribution is 2.47. The first-order valence-electron chi connectivity index (χ1n) is 13.5. The average Bonchev–Trinajstić information content (AvgIpc) is 3.52. The number of hydrogen-bond donors (Lipinski definition) is 2. The van der Waals surface area contributed by atoms with Crippen molar-refractivity contribution in [3.05, 3.63) is 35.5 Å². The number of nitrogens with one attached hydrogen (secondary N) is 1. The number of allylic oxidation sites excluding steroid dienone is 1. The fourth-order valence-electron chi connectivity index (χ4n) is 5.78. The molecule has 5 rings (SSSR count). The summed E-state index contributed by atoms with van der Waals surface area (Å²) in [4.78, 5) is 4.77. The first-order valence-corrected chi connectivity index (χ1v) is 13.5. The summed E-state index contributed by atoms with van der Waals surface area (Å²) in [5.41, 5.74) is 3.16. The lowest BCUT2D eigenvalue weighted by Crippen LogP contribution is -2.45. The van der Waals surface area contributed by atoms with Gasteiger partial charge in [0.25, 0.3) is 0 Å². The van der Waals surface area contributed by atoms with Crippen LogP contribution in [0.3, 0.4) is 0 Å². The molecular weight excluding hydrogens is 410 g/mol. The smallest absolute Gasteiger partial charge is 0.135 e. The molecule has 33 heavy (non-hydrogen) atoms. The van der Waals surface area contributed by atoms with Gasteiger partial charge in [-0.05, 0) is 107 Å².